The molecule has 1 heterocycles. The fourth-order valence-corrected chi connectivity index (χ4v) is 2.28. The number of nitrogens with two attached hydrogens (primary N) is 1. The topological polar surface area (TPSA) is 88.2 Å². The van der Waals surface area contributed by atoms with Crippen LogP contribution in [0.5, 0.6) is 0 Å². The van der Waals surface area contributed by atoms with Crippen LogP contribution in [0, 0.1) is 0 Å². The van der Waals surface area contributed by atoms with E-state index >= 15 is 0 Å². The predicted octanol–water partition coefficient (Wildman–Crippen LogP) is 3.00. The number of nitrogens with one attached hydrogen (secondary N) is 1. The van der Waals surface area contributed by atoms with E-state index in [0.717, 1.165) is 6.07 Å². The highest BCUT2D eigenvalue weighted by Crippen LogP contribution is 2.34. The number of amides is 1. The lowest BCUT2D eigenvalue weighted by Crippen LogP contribution is -2.18. The van der Waals surface area contributed by atoms with E-state index in [4.69, 9.17) is 17.3 Å². The number of carbonyl (C=O) groups excluding carboxylic acids is 1. The SMILES string of the molecule is NC(=O)c1cnc(NC[C@H](O)c2ccccc2C(F)(F)F)c(Cl)c1. The van der Waals surface area contributed by atoms with Crippen molar-refractivity contribution < 1.29 is 23.1 Å². The Balaban J connectivity index is 2.15. The van der Waals surface area contributed by atoms with Gasteiger partial charge in [0.2, 0.25) is 5.91 Å². The molecular weight excluding hydrogens is 347 g/mol. The van der Waals surface area contributed by atoms with Crippen molar-refractivity contribution >= 4 is 23.3 Å². The number of nitrogens with zero attached hydrogens (tertiary/aromatic N) is 1. The highest BCUT2D eigenvalue weighted by molar-refractivity contribution is 6.33. The van der Waals surface area contributed by atoms with Crippen molar-refractivity contribution in [3.8, 4) is 0 Å². The molecule has 5 nitrogen and oxygen atoms in total. The Kier molecular flexibility index (Phi) is 5.30. The van der Waals surface area contributed by atoms with E-state index in [1.807, 2.05) is 0 Å². The van der Waals surface area contributed by atoms with Crippen molar-refractivity contribution in [1.82, 2.24) is 4.98 Å². The van der Waals surface area contributed by atoms with Gasteiger partial charge in [0.25, 0.3) is 0 Å². The molecule has 1 atom stereocenters. The molecule has 1 aromatic carbocycles. The second kappa shape index (κ2) is 7.06. The second-order valence-corrected chi connectivity index (χ2v) is 5.31. The minimum atomic E-state index is -4.57. The molecule has 0 aliphatic carbocycles. The fraction of sp³-hybridized carbons (Fsp3) is 0.200. The van der Waals surface area contributed by atoms with Crippen LogP contribution in [0.15, 0.2) is 36.5 Å². The zero-order valence-corrected chi connectivity index (χ0v) is 12.9. The van der Waals surface area contributed by atoms with Crippen LogP contribution in [0.25, 0.3) is 0 Å². The lowest BCUT2D eigenvalue weighted by Gasteiger charge is -2.18. The van der Waals surface area contributed by atoms with Crippen LogP contribution in [0.3, 0.4) is 0 Å². The van der Waals surface area contributed by atoms with Crippen LogP contribution in [0.1, 0.15) is 27.6 Å². The highest BCUT2D eigenvalue weighted by atomic mass is 35.5. The molecule has 0 saturated carbocycles. The number of alkyl halides is 3. The van der Waals surface area contributed by atoms with Crippen LogP contribution in [-0.2, 0) is 6.18 Å². The van der Waals surface area contributed by atoms with Crippen molar-refractivity contribution in [2.75, 3.05) is 11.9 Å². The molecule has 4 N–H and O–H groups in total. The summed E-state index contributed by atoms with van der Waals surface area (Å²) < 4.78 is 38.8. The van der Waals surface area contributed by atoms with Gasteiger partial charge in [-0.25, -0.2) is 4.98 Å². The zero-order valence-electron chi connectivity index (χ0n) is 12.1. The van der Waals surface area contributed by atoms with Crippen LogP contribution in [0.2, 0.25) is 5.02 Å². The maximum Gasteiger partial charge on any atom is 0.416 e. The van der Waals surface area contributed by atoms with Crippen molar-refractivity contribution in [2.24, 2.45) is 5.73 Å². The molecule has 1 aromatic heterocycles. The minimum absolute atomic E-state index is 0.0580. The van der Waals surface area contributed by atoms with E-state index in [2.05, 4.69) is 10.3 Å². The number of anilines is 1. The van der Waals surface area contributed by atoms with E-state index in [1.54, 1.807) is 0 Å². The van der Waals surface area contributed by atoms with Gasteiger partial charge in [-0.15, -0.1) is 0 Å². The molecular formula is C15H13ClF3N3O2. The third-order valence-corrected chi connectivity index (χ3v) is 3.50. The quantitative estimate of drug-likeness (QED) is 0.765. The van der Waals surface area contributed by atoms with Gasteiger partial charge in [0.1, 0.15) is 5.82 Å². The number of primary amides is 1. The molecule has 0 radical (unpaired) electrons. The molecule has 2 rings (SSSR count). The maximum absolute atomic E-state index is 12.9. The normalized spacial score (nSPS) is 12.7. The van der Waals surface area contributed by atoms with Crippen LogP contribution in [-0.4, -0.2) is 22.5 Å². The second-order valence-electron chi connectivity index (χ2n) is 4.90. The molecule has 0 bridgehead atoms. The van der Waals surface area contributed by atoms with Gasteiger partial charge in [-0.1, -0.05) is 29.8 Å². The van der Waals surface area contributed by atoms with Gasteiger partial charge in [0, 0.05) is 12.7 Å². The van der Waals surface area contributed by atoms with Gasteiger partial charge in [-0.2, -0.15) is 13.2 Å². The summed E-state index contributed by atoms with van der Waals surface area (Å²) in [5.41, 5.74) is 4.00. The molecule has 9 heteroatoms. The van der Waals surface area contributed by atoms with Gasteiger partial charge in [0.15, 0.2) is 0 Å². The predicted molar refractivity (Wildman–Crippen MR) is 82.7 cm³/mol. The van der Waals surface area contributed by atoms with Gasteiger partial charge >= 0.3 is 6.18 Å². The summed E-state index contributed by atoms with van der Waals surface area (Å²) in [6.45, 7) is -0.254. The number of aliphatic hydroxyl groups excluding tert-OH is 1. The first-order chi connectivity index (χ1) is 11.2. The largest absolute Gasteiger partial charge is 0.416 e. The number of rotatable bonds is 5. The van der Waals surface area contributed by atoms with Crippen molar-refractivity contribution in [3.05, 3.63) is 58.2 Å². The van der Waals surface area contributed by atoms with Gasteiger partial charge in [-0.05, 0) is 17.7 Å². The van der Waals surface area contributed by atoms with Gasteiger partial charge in [-0.3, -0.25) is 4.79 Å². The Bertz CT molecular complexity index is 753. The van der Waals surface area contributed by atoms with Crippen LogP contribution < -0.4 is 11.1 Å². The molecule has 2 aromatic rings. The summed E-state index contributed by atoms with van der Waals surface area (Å²) in [5, 5.41) is 12.8. The smallest absolute Gasteiger partial charge is 0.387 e. The summed E-state index contributed by atoms with van der Waals surface area (Å²) in [5.74, 6) is -0.597. The summed E-state index contributed by atoms with van der Waals surface area (Å²) in [6.07, 6.45) is -4.83. The first kappa shape index (κ1) is 18.0. The monoisotopic (exact) mass is 359 g/mol. The third-order valence-electron chi connectivity index (χ3n) is 3.21. The van der Waals surface area contributed by atoms with Gasteiger partial charge in [0.05, 0.1) is 22.3 Å². The summed E-state index contributed by atoms with van der Waals surface area (Å²) in [7, 11) is 0. The number of benzene rings is 1. The van der Waals surface area contributed by atoms with Crippen LogP contribution in [0.4, 0.5) is 19.0 Å². The molecule has 0 aliphatic rings. The number of halogens is 4. The highest BCUT2D eigenvalue weighted by Gasteiger charge is 2.34. The number of hydrogen-bond acceptors (Lipinski definition) is 4. The van der Waals surface area contributed by atoms with E-state index in [-0.39, 0.29) is 28.5 Å². The van der Waals surface area contributed by atoms with E-state index < -0.39 is 23.8 Å². The lowest BCUT2D eigenvalue weighted by molar-refractivity contribution is -0.139. The van der Waals surface area contributed by atoms with E-state index in [9.17, 15) is 23.1 Å². The third kappa shape index (κ3) is 4.15. The number of pyridine rings is 1. The first-order valence-corrected chi connectivity index (χ1v) is 7.11. The molecule has 24 heavy (non-hydrogen) atoms. The van der Waals surface area contributed by atoms with Crippen molar-refractivity contribution in [1.29, 1.82) is 0 Å². The minimum Gasteiger partial charge on any atom is -0.387 e. The molecule has 0 aliphatic heterocycles. The zero-order chi connectivity index (χ0) is 17.9. The Labute approximate surface area is 140 Å². The number of hydrogen-bond donors (Lipinski definition) is 3. The maximum atomic E-state index is 12.9. The number of carbonyl (C=O) groups is 1. The molecule has 0 unspecified atom stereocenters. The molecule has 128 valence electrons. The average molecular weight is 360 g/mol. The van der Waals surface area contributed by atoms with Crippen molar-refractivity contribution in [2.45, 2.75) is 12.3 Å². The Morgan fingerprint density at radius 3 is 2.62 bits per heavy atom. The van der Waals surface area contributed by atoms with Gasteiger partial charge < -0.3 is 16.2 Å². The standard InChI is InChI=1S/C15H13ClF3N3O2/c16-11-5-8(13(20)24)6-21-14(11)22-7-12(23)9-3-1-2-4-10(9)15(17,18)19/h1-6,12,23H,7H2,(H2,20,24)(H,21,22)/t12-/m0/s1. The Hall–Kier alpha value is -2.32. The Morgan fingerprint density at radius 1 is 1.38 bits per heavy atom. The summed E-state index contributed by atoms with van der Waals surface area (Å²) in [6, 6.07) is 6.01. The van der Waals surface area contributed by atoms with Crippen molar-refractivity contribution in [3.63, 3.8) is 0 Å². The molecule has 0 spiro atoms. The fourth-order valence-electron chi connectivity index (χ4n) is 2.05. The van der Waals surface area contributed by atoms with Crippen LogP contribution >= 0.6 is 11.6 Å². The summed E-state index contributed by atoms with van der Waals surface area (Å²) >= 11 is 5.91. The Morgan fingerprint density at radius 2 is 2.04 bits per heavy atom. The summed E-state index contributed by atoms with van der Waals surface area (Å²) in [4.78, 5) is 14.9. The van der Waals surface area contributed by atoms with E-state index in [1.165, 1.54) is 30.5 Å². The van der Waals surface area contributed by atoms with E-state index in [0.29, 0.717) is 0 Å². The lowest BCUT2D eigenvalue weighted by atomic mass is 10.0. The molecule has 1 amide bonds. The molecule has 0 fully saturated rings. The first-order valence-electron chi connectivity index (χ1n) is 6.73. The average Bonchev–Trinajstić information content (AvgIpc) is 2.52. The number of aliphatic hydroxyl groups is 1. The number of aromatic nitrogens is 1. The molecule has 0 saturated heterocycles.